The summed E-state index contributed by atoms with van der Waals surface area (Å²) in [5.41, 5.74) is 5.86. The number of fused-ring (bicyclic) bond motifs is 7. The minimum atomic E-state index is -2.42. The molecule has 1 aliphatic carbocycles. The molecular formula is C48H44IrN2O-2. The third kappa shape index (κ3) is 6.83. The van der Waals surface area contributed by atoms with E-state index in [-0.39, 0.29) is 36.6 Å². The molecule has 0 saturated heterocycles. The quantitative estimate of drug-likeness (QED) is 0.131. The maximum Gasteiger partial charge on any atom is 0.129 e. The van der Waals surface area contributed by atoms with Crippen molar-refractivity contribution < 1.29 is 34.1 Å². The van der Waals surface area contributed by atoms with Gasteiger partial charge in [-0.1, -0.05) is 125 Å². The second-order valence-electron chi connectivity index (χ2n) is 14.4. The summed E-state index contributed by atoms with van der Waals surface area (Å²) in [4.78, 5) is 9.04. The average Bonchev–Trinajstić information content (AvgIpc) is 3.60. The van der Waals surface area contributed by atoms with Crippen LogP contribution in [-0.2, 0) is 25.5 Å². The predicted octanol–water partition coefficient (Wildman–Crippen LogP) is 13.3. The van der Waals surface area contributed by atoms with Gasteiger partial charge < -0.3 is 14.4 Å². The molecule has 3 aromatic heterocycles. The fourth-order valence-corrected chi connectivity index (χ4v) is 7.24. The summed E-state index contributed by atoms with van der Waals surface area (Å²) in [6, 6.07) is 37.6. The van der Waals surface area contributed by atoms with Gasteiger partial charge in [0, 0.05) is 52.9 Å². The van der Waals surface area contributed by atoms with Crippen molar-refractivity contribution in [2.45, 2.75) is 77.9 Å². The Balaban J connectivity index is 0.000000262. The van der Waals surface area contributed by atoms with Crippen LogP contribution in [0.1, 0.15) is 90.6 Å². The number of furan rings is 1. The van der Waals surface area contributed by atoms with Crippen molar-refractivity contribution in [3.05, 3.63) is 144 Å². The smallest absolute Gasteiger partial charge is 0.129 e. The van der Waals surface area contributed by atoms with Gasteiger partial charge in [-0.25, -0.2) is 0 Å². The van der Waals surface area contributed by atoms with Crippen LogP contribution >= 0.6 is 0 Å². The summed E-state index contributed by atoms with van der Waals surface area (Å²) in [5.74, 6) is -1.04. The SMILES string of the molecule is CC(C)(C)c1ccc(-c2[c-]cccc2)nc1.[2H]C([2H])([2H])c1cnc(-c2[c-]cc(C([2H])([2H])[2H])c3c2oc2c3ccc3ccc4ccccc4c32)cc1C1([2H])CCCCC1.[Ir]. The number of hydrogen-bond acceptors (Lipinski definition) is 3. The van der Waals surface area contributed by atoms with E-state index in [1.165, 1.54) is 17.8 Å². The fraction of sp³-hybridized carbons (Fsp3) is 0.250. The summed E-state index contributed by atoms with van der Waals surface area (Å²) >= 11 is 0. The minimum absolute atomic E-state index is 0. The molecule has 3 nitrogen and oxygen atoms in total. The normalized spacial score (nSPS) is 16.7. The first-order valence-electron chi connectivity index (χ1n) is 21.2. The average molecular weight is 864 g/mol. The van der Waals surface area contributed by atoms with Crippen molar-refractivity contribution in [3.63, 3.8) is 0 Å². The summed E-state index contributed by atoms with van der Waals surface area (Å²) in [6.07, 6.45) is 7.18. The number of rotatable bonds is 3. The first kappa shape index (κ1) is 27.9. The van der Waals surface area contributed by atoms with E-state index < -0.39 is 19.6 Å². The first-order valence-corrected chi connectivity index (χ1v) is 17.7. The third-order valence-electron chi connectivity index (χ3n) is 10.0. The fourth-order valence-electron chi connectivity index (χ4n) is 7.24. The van der Waals surface area contributed by atoms with Crippen LogP contribution in [0.4, 0.5) is 0 Å². The number of aromatic nitrogens is 2. The Morgan fingerprint density at radius 2 is 1.50 bits per heavy atom. The second kappa shape index (κ2) is 14.8. The summed E-state index contributed by atoms with van der Waals surface area (Å²) < 4.78 is 65.3. The molecule has 1 radical (unpaired) electrons. The van der Waals surface area contributed by atoms with Crippen LogP contribution in [0.15, 0.2) is 114 Å². The van der Waals surface area contributed by atoms with E-state index in [0.717, 1.165) is 52.1 Å². The molecule has 8 aromatic rings. The number of hydrogen-bond donors (Lipinski definition) is 0. The number of benzene rings is 5. The zero-order valence-electron chi connectivity index (χ0n) is 36.6. The van der Waals surface area contributed by atoms with Gasteiger partial charge in [0.15, 0.2) is 0 Å². The van der Waals surface area contributed by atoms with Crippen LogP contribution in [-0.4, -0.2) is 9.97 Å². The maximum atomic E-state index is 9.29. The van der Waals surface area contributed by atoms with E-state index in [9.17, 15) is 1.37 Å². The molecule has 5 aromatic carbocycles. The molecule has 1 fully saturated rings. The van der Waals surface area contributed by atoms with E-state index >= 15 is 0 Å². The van der Waals surface area contributed by atoms with Crippen molar-refractivity contribution in [2.75, 3.05) is 0 Å². The Kier molecular flexibility index (Phi) is 7.94. The van der Waals surface area contributed by atoms with Crippen LogP contribution in [0.5, 0.6) is 0 Å². The van der Waals surface area contributed by atoms with Crippen molar-refractivity contribution in [1.82, 2.24) is 9.97 Å². The van der Waals surface area contributed by atoms with Gasteiger partial charge in [0.2, 0.25) is 0 Å². The zero-order chi connectivity index (χ0) is 41.0. The van der Waals surface area contributed by atoms with Crippen molar-refractivity contribution in [1.29, 1.82) is 0 Å². The molecule has 3 heterocycles. The van der Waals surface area contributed by atoms with E-state index in [0.29, 0.717) is 51.6 Å². The Morgan fingerprint density at radius 3 is 2.25 bits per heavy atom. The van der Waals surface area contributed by atoms with Crippen molar-refractivity contribution in [2.24, 2.45) is 0 Å². The van der Waals surface area contributed by atoms with E-state index in [4.69, 9.17) is 12.6 Å². The molecule has 1 aliphatic rings. The van der Waals surface area contributed by atoms with Gasteiger partial charge in [0.25, 0.3) is 0 Å². The Morgan fingerprint density at radius 1 is 0.731 bits per heavy atom. The molecule has 0 N–H and O–H groups in total. The molecule has 1 saturated carbocycles. The maximum absolute atomic E-state index is 9.29. The molecular weight excluding hydrogens is 813 g/mol. The van der Waals surface area contributed by atoms with Gasteiger partial charge in [-0.3, -0.25) is 0 Å². The molecule has 52 heavy (non-hydrogen) atoms. The molecule has 0 unspecified atom stereocenters. The number of nitrogens with zero attached hydrogens (tertiary/aromatic N) is 2. The molecule has 9 rings (SSSR count). The third-order valence-corrected chi connectivity index (χ3v) is 10.0. The largest absolute Gasteiger partial charge is 0.500 e. The summed E-state index contributed by atoms with van der Waals surface area (Å²) in [6.45, 7) is 1.74. The van der Waals surface area contributed by atoms with Crippen LogP contribution in [0.25, 0.3) is 66.0 Å². The van der Waals surface area contributed by atoms with E-state index in [2.05, 4.69) is 61.1 Å². The second-order valence-corrected chi connectivity index (χ2v) is 14.4. The Hall–Kier alpha value is -4.63. The Labute approximate surface area is 330 Å². The van der Waals surface area contributed by atoms with E-state index in [1.807, 2.05) is 72.9 Å². The molecule has 0 atom stereocenters. The topological polar surface area (TPSA) is 38.9 Å². The van der Waals surface area contributed by atoms with Crippen LogP contribution in [0.3, 0.4) is 0 Å². The van der Waals surface area contributed by atoms with Gasteiger partial charge in [-0.15, -0.1) is 53.6 Å². The molecule has 0 amide bonds. The van der Waals surface area contributed by atoms with Gasteiger partial charge in [-0.05, 0) is 75.2 Å². The zero-order valence-corrected chi connectivity index (χ0v) is 32.0. The minimum Gasteiger partial charge on any atom is -0.500 e. The molecule has 4 heteroatoms. The number of pyridine rings is 2. The molecule has 0 spiro atoms. The standard InChI is InChI=1S/C33H28NO.C15H16N.Ir/c1-20-12-16-26(29-18-28(21(2)19-34-29)22-8-4-3-5-9-22)32-30(20)27-17-15-24-14-13-23-10-6-7-11-25(23)31(24)33(27)35-32;1-15(2,3)13-9-10-14(16-11-13)12-7-5-4-6-8-12;/h6-7,10-15,17-19,22H,3-5,8-9H2,1-2H3;4-7,9-11H,1-3H3;/q2*-1;/i1D3,2D3,22D;;. The molecule has 263 valence electrons. The first-order chi connectivity index (χ1) is 27.5. The number of aryl methyl sites for hydroxylation is 2. The monoisotopic (exact) mass is 864 g/mol. The van der Waals surface area contributed by atoms with Crippen LogP contribution < -0.4 is 0 Å². The van der Waals surface area contributed by atoms with Gasteiger partial charge in [0.1, 0.15) is 5.58 Å². The predicted molar refractivity (Wildman–Crippen MR) is 213 cm³/mol. The van der Waals surface area contributed by atoms with Gasteiger partial charge in [0.05, 0.1) is 5.58 Å². The van der Waals surface area contributed by atoms with Crippen LogP contribution in [0, 0.1) is 25.8 Å². The van der Waals surface area contributed by atoms with E-state index in [1.54, 1.807) is 6.07 Å². The molecule has 0 bridgehead atoms. The summed E-state index contributed by atoms with van der Waals surface area (Å²) in [5, 5.41) is 5.05. The van der Waals surface area contributed by atoms with Crippen molar-refractivity contribution in [3.8, 4) is 22.5 Å². The Bertz CT molecular complexity index is 2780. The summed E-state index contributed by atoms with van der Waals surface area (Å²) in [7, 11) is 0. The van der Waals surface area contributed by atoms with Gasteiger partial charge in [-0.2, -0.15) is 0 Å². The van der Waals surface area contributed by atoms with Crippen LogP contribution in [0.2, 0.25) is 0 Å². The van der Waals surface area contributed by atoms with Gasteiger partial charge >= 0.3 is 0 Å². The molecule has 0 aliphatic heterocycles. The van der Waals surface area contributed by atoms with Crippen molar-refractivity contribution >= 4 is 43.5 Å².